The standard InChI is InChI=1S/C18H24N2O4/c1-20(14-5-3-4-6-14)18(22)10-8-13-7-9-15(16(11-13)23-2)24-12-17(19)21/h7-11,14H,3-6,12H2,1-2H3,(H2,19,21). The molecular weight excluding hydrogens is 308 g/mol. The first-order chi connectivity index (χ1) is 11.5. The number of carbonyl (C=O) groups excluding carboxylic acids is 2. The molecule has 2 N–H and O–H groups in total. The van der Waals surface area contributed by atoms with Gasteiger partial charge in [0, 0.05) is 19.2 Å². The number of methoxy groups -OCH3 is 1. The smallest absolute Gasteiger partial charge is 0.255 e. The van der Waals surface area contributed by atoms with Crippen LogP contribution in [0.2, 0.25) is 0 Å². The molecule has 0 aliphatic heterocycles. The average molecular weight is 332 g/mol. The zero-order valence-electron chi connectivity index (χ0n) is 14.2. The van der Waals surface area contributed by atoms with Gasteiger partial charge >= 0.3 is 0 Å². The highest BCUT2D eigenvalue weighted by atomic mass is 16.5. The normalized spacial score (nSPS) is 14.8. The zero-order valence-corrected chi connectivity index (χ0v) is 14.2. The van der Waals surface area contributed by atoms with Gasteiger partial charge in [0.05, 0.1) is 7.11 Å². The van der Waals surface area contributed by atoms with Gasteiger partial charge in [-0.1, -0.05) is 18.9 Å². The lowest BCUT2D eigenvalue weighted by atomic mass is 10.1. The number of carbonyl (C=O) groups is 2. The van der Waals surface area contributed by atoms with Crippen LogP contribution in [0.4, 0.5) is 0 Å². The Labute approximate surface area is 142 Å². The van der Waals surface area contributed by atoms with E-state index in [1.54, 1.807) is 30.4 Å². The van der Waals surface area contributed by atoms with E-state index < -0.39 is 5.91 Å². The summed E-state index contributed by atoms with van der Waals surface area (Å²) < 4.78 is 10.5. The van der Waals surface area contributed by atoms with Crippen LogP contribution in [0.3, 0.4) is 0 Å². The maximum Gasteiger partial charge on any atom is 0.255 e. The van der Waals surface area contributed by atoms with Crippen LogP contribution in [0, 0.1) is 0 Å². The van der Waals surface area contributed by atoms with E-state index in [9.17, 15) is 9.59 Å². The number of hydrogen-bond donors (Lipinski definition) is 1. The highest BCUT2D eigenvalue weighted by molar-refractivity contribution is 5.92. The maximum atomic E-state index is 12.2. The molecule has 1 aromatic rings. The molecule has 0 heterocycles. The van der Waals surface area contributed by atoms with E-state index in [-0.39, 0.29) is 12.5 Å². The van der Waals surface area contributed by atoms with Crippen LogP contribution in [-0.4, -0.2) is 43.5 Å². The van der Waals surface area contributed by atoms with Crippen LogP contribution < -0.4 is 15.2 Å². The van der Waals surface area contributed by atoms with E-state index in [0.717, 1.165) is 18.4 Å². The summed E-state index contributed by atoms with van der Waals surface area (Å²) in [6, 6.07) is 5.57. The van der Waals surface area contributed by atoms with E-state index >= 15 is 0 Å². The molecule has 0 unspecified atom stereocenters. The van der Waals surface area contributed by atoms with E-state index in [1.165, 1.54) is 20.0 Å². The number of hydrogen-bond acceptors (Lipinski definition) is 4. The fraction of sp³-hybridized carbons (Fsp3) is 0.444. The van der Waals surface area contributed by atoms with Crippen LogP contribution in [0.15, 0.2) is 24.3 Å². The summed E-state index contributed by atoms with van der Waals surface area (Å²) in [6.07, 6.45) is 7.85. The predicted molar refractivity (Wildman–Crippen MR) is 91.7 cm³/mol. The molecule has 0 bridgehead atoms. The first-order valence-electron chi connectivity index (χ1n) is 8.05. The molecule has 2 rings (SSSR count). The number of nitrogens with zero attached hydrogens (tertiary/aromatic N) is 1. The third-order valence-corrected chi connectivity index (χ3v) is 4.20. The number of likely N-dealkylation sites (N-methyl/N-ethyl adjacent to an activating group) is 1. The molecule has 1 aliphatic rings. The Kier molecular flexibility index (Phi) is 6.23. The van der Waals surface area contributed by atoms with Crippen molar-refractivity contribution in [3.63, 3.8) is 0 Å². The third-order valence-electron chi connectivity index (χ3n) is 4.20. The minimum Gasteiger partial charge on any atom is -0.493 e. The van der Waals surface area contributed by atoms with Gasteiger partial charge in [0.25, 0.3) is 5.91 Å². The molecule has 1 aliphatic carbocycles. The fourth-order valence-corrected chi connectivity index (χ4v) is 2.81. The second kappa shape index (κ2) is 8.38. The number of nitrogens with two attached hydrogens (primary N) is 1. The molecule has 24 heavy (non-hydrogen) atoms. The van der Waals surface area contributed by atoms with E-state index in [0.29, 0.717) is 17.5 Å². The van der Waals surface area contributed by atoms with Crippen LogP contribution in [0.25, 0.3) is 6.08 Å². The molecule has 2 amide bonds. The van der Waals surface area contributed by atoms with Crippen molar-refractivity contribution in [2.75, 3.05) is 20.8 Å². The van der Waals surface area contributed by atoms with Gasteiger partial charge in [-0.3, -0.25) is 9.59 Å². The molecule has 1 fully saturated rings. The van der Waals surface area contributed by atoms with E-state index in [4.69, 9.17) is 15.2 Å². The van der Waals surface area contributed by atoms with Crippen LogP contribution in [-0.2, 0) is 9.59 Å². The molecule has 130 valence electrons. The Hall–Kier alpha value is -2.50. The van der Waals surface area contributed by atoms with Crippen LogP contribution >= 0.6 is 0 Å². The van der Waals surface area contributed by atoms with E-state index in [2.05, 4.69) is 0 Å². The topological polar surface area (TPSA) is 81.9 Å². The van der Waals surface area contributed by atoms with Gasteiger partial charge in [-0.05, 0) is 36.6 Å². The Morgan fingerprint density at radius 2 is 2.00 bits per heavy atom. The predicted octanol–water partition coefficient (Wildman–Crippen LogP) is 1.97. The number of primary amides is 1. The summed E-state index contributed by atoms with van der Waals surface area (Å²) in [5.41, 5.74) is 5.88. The minimum atomic E-state index is -0.554. The summed E-state index contributed by atoms with van der Waals surface area (Å²) in [5, 5.41) is 0. The molecule has 0 atom stereocenters. The first kappa shape index (κ1) is 17.8. The van der Waals surface area contributed by atoms with Crippen molar-refractivity contribution in [1.29, 1.82) is 0 Å². The van der Waals surface area contributed by atoms with Gasteiger partial charge < -0.3 is 20.1 Å². The van der Waals surface area contributed by atoms with Crippen molar-refractivity contribution in [3.05, 3.63) is 29.8 Å². The highest BCUT2D eigenvalue weighted by Gasteiger charge is 2.21. The Morgan fingerprint density at radius 1 is 1.29 bits per heavy atom. The second-order valence-electron chi connectivity index (χ2n) is 5.89. The summed E-state index contributed by atoms with van der Waals surface area (Å²) in [6.45, 7) is -0.212. The zero-order chi connectivity index (χ0) is 17.5. The molecule has 0 aromatic heterocycles. The number of rotatable bonds is 7. The second-order valence-corrected chi connectivity index (χ2v) is 5.89. The van der Waals surface area contributed by atoms with Gasteiger partial charge in [-0.15, -0.1) is 0 Å². The van der Waals surface area contributed by atoms with Gasteiger partial charge in [0.15, 0.2) is 18.1 Å². The van der Waals surface area contributed by atoms with Crippen molar-refractivity contribution in [2.45, 2.75) is 31.7 Å². The fourth-order valence-electron chi connectivity index (χ4n) is 2.81. The van der Waals surface area contributed by atoms with Crippen molar-refractivity contribution >= 4 is 17.9 Å². The molecule has 6 heteroatoms. The summed E-state index contributed by atoms with van der Waals surface area (Å²) in [7, 11) is 3.36. The highest BCUT2D eigenvalue weighted by Crippen LogP contribution is 2.28. The Balaban J connectivity index is 2.03. The van der Waals surface area contributed by atoms with Crippen LogP contribution in [0.5, 0.6) is 11.5 Å². The van der Waals surface area contributed by atoms with Crippen molar-refractivity contribution in [1.82, 2.24) is 4.90 Å². The molecule has 0 spiro atoms. The Morgan fingerprint density at radius 3 is 2.62 bits per heavy atom. The largest absolute Gasteiger partial charge is 0.493 e. The molecule has 6 nitrogen and oxygen atoms in total. The molecule has 0 saturated heterocycles. The van der Waals surface area contributed by atoms with Gasteiger partial charge in [-0.2, -0.15) is 0 Å². The minimum absolute atomic E-state index is 0.00470. The molecule has 0 radical (unpaired) electrons. The quantitative estimate of drug-likeness (QED) is 0.774. The number of ether oxygens (including phenoxy) is 2. The lowest BCUT2D eigenvalue weighted by Crippen LogP contribution is -2.33. The van der Waals surface area contributed by atoms with Crippen LogP contribution in [0.1, 0.15) is 31.2 Å². The molecule has 1 saturated carbocycles. The maximum absolute atomic E-state index is 12.2. The van der Waals surface area contributed by atoms with Gasteiger partial charge in [0.1, 0.15) is 0 Å². The lowest BCUT2D eigenvalue weighted by molar-refractivity contribution is -0.126. The van der Waals surface area contributed by atoms with Crippen molar-refractivity contribution in [3.8, 4) is 11.5 Å². The average Bonchev–Trinajstić information content (AvgIpc) is 3.11. The van der Waals surface area contributed by atoms with Gasteiger partial charge in [0.2, 0.25) is 5.91 Å². The molecule has 1 aromatic carbocycles. The number of benzene rings is 1. The first-order valence-corrected chi connectivity index (χ1v) is 8.05. The number of amides is 2. The summed E-state index contributed by atoms with van der Waals surface area (Å²) in [5.74, 6) is 0.356. The van der Waals surface area contributed by atoms with Crippen molar-refractivity contribution in [2.24, 2.45) is 5.73 Å². The lowest BCUT2D eigenvalue weighted by Gasteiger charge is -2.22. The summed E-state index contributed by atoms with van der Waals surface area (Å²) >= 11 is 0. The Bertz CT molecular complexity index is 621. The summed E-state index contributed by atoms with van der Waals surface area (Å²) in [4.78, 5) is 24.8. The van der Waals surface area contributed by atoms with Crippen molar-refractivity contribution < 1.29 is 19.1 Å². The third kappa shape index (κ3) is 4.75. The molecular formula is C18H24N2O4. The monoisotopic (exact) mass is 332 g/mol. The SMILES string of the molecule is COc1cc(C=CC(=O)N(C)C2CCCC2)ccc1OCC(N)=O. The van der Waals surface area contributed by atoms with Gasteiger partial charge in [-0.25, -0.2) is 0 Å². The van der Waals surface area contributed by atoms with E-state index in [1.807, 2.05) is 11.9 Å².